The van der Waals surface area contributed by atoms with Crippen molar-refractivity contribution in [2.75, 3.05) is 0 Å². The lowest BCUT2D eigenvalue weighted by Gasteiger charge is -2.31. The summed E-state index contributed by atoms with van der Waals surface area (Å²) in [5.41, 5.74) is 2.72. The van der Waals surface area contributed by atoms with Crippen LogP contribution in [0.25, 0.3) is 0 Å². The molecule has 4 heteroatoms. The topological polar surface area (TPSA) is 69.6 Å². The molecule has 0 aliphatic carbocycles. The third kappa shape index (κ3) is 4.94. The van der Waals surface area contributed by atoms with Crippen molar-refractivity contribution < 1.29 is 15.0 Å². The normalized spacial score (nSPS) is 14.9. The number of hydrogen-bond acceptors (Lipinski definition) is 3. The highest BCUT2D eigenvalue weighted by Crippen LogP contribution is 2.23. The Labute approximate surface area is 120 Å². The number of nitrogens with one attached hydrogen (secondary N) is 1. The SMILES string of the molecule is Cc1ccc(C(O)C(CC(=O)O)NC(C)(C)C)cc1C. The zero-order valence-corrected chi connectivity index (χ0v) is 12.9. The van der Waals surface area contributed by atoms with Crippen LogP contribution in [0.5, 0.6) is 0 Å². The van der Waals surface area contributed by atoms with E-state index >= 15 is 0 Å². The molecule has 0 aliphatic heterocycles. The van der Waals surface area contributed by atoms with Gasteiger partial charge in [-0.05, 0) is 51.3 Å². The fraction of sp³-hybridized carbons (Fsp3) is 0.562. The van der Waals surface area contributed by atoms with Crippen LogP contribution < -0.4 is 5.32 Å². The fourth-order valence-corrected chi connectivity index (χ4v) is 2.17. The first-order valence-electron chi connectivity index (χ1n) is 6.85. The summed E-state index contributed by atoms with van der Waals surface area (Å²) in [5.74, 6) is -0.922. The molecule has 0 heterocycles. The van der Waals surface area contributed by atoms with Gasteiger partial charge in [-0.3, -0.25) is 4.79 Å². The summed E-state index contributed by atoms with van der Waals surface area (Å²) in [6, 6.07) is 5.20. The van der Waals surface area contributed by atoms with Crippen molar-refractivity contribution in [2.45, 2.75) is 58.7 Å². The van der Waals surface area contributed by atoms with E-state index in [9.17, 15) is 9.90 Å². The Morgan fingerprint density at radius 3 is 2.30 bits per heavy atom. The molecule has 4 nitrogen and oxygen atoms in total. The maximum Gasteiger partial charge on any atom is 0.305 e. The van der Waals surface area contributed by atoms with Crippen molar-refractivity contribution in [3.05, 3.63) is 34.9 Å². The Morgan fingerprint density at radius 1 is 1.25 bits per heavy atom. The number of carbonyl (C=O) groups is 1. The average molecular weight is 279 g/mol. The minimum atomic E-state index is -0.922. The predicted octanol–water partition coefficient (Wildman–Crippen LogP) is 2.57. The monoisotopic (exact) mass is 279 g/mol. The van der Waals surface area contributed by atoms with Crippen molar-refractivity contribution in [1.82, 2.24) is 5.32 Å². The zero-order chi connectivity index (χ0) is 15.5. The molecule has 0 amide bonds. The molecule has 0 aromatic heterocycles. The third-order valence-electron chi connectivity index (χ3n) is 3.27. The van der Waals surface area contributed by atoms with Crippen LogP contribution in [0.3, 0.4) is 0 Å². The number of aliphatic carboxylic acids is 1. The Bertz CT molecular complexity index is 477. The molecule has 1 aromatic rings. The van der Waals surface area contributed by atoms with Crippen LogP contribution in [0, 0.1) is 13.8 Å². The summed E-state index contributed by atoms with van der Waals surface area (Å²) < 4.78 is 0. The molecule has 0 aliphatic rings. The molecule has 0 spiro atoms. The highest BCUT2D eigenvalue weighted by atomic mass is 16.4. The van der Waals surface area contributed by atoms with Crippen LogP contribution in [-0.4, -0.2) is 27.8 Å². The number of rotatable bonds is 5. The standard InChI is InChI=1S/C16H25NO3/c1-10-6-7-12(8-11(10)2)15(20)13(9-14(18)19)17-16(3,4)5/h6-8,13,15,17,20H,9H2,1-5H3,(H,18,19). The lowest BCUT2D eigenvalue weighted by Crippen LogP contribution is -2.47. The quantitative estimate of drug-likeness (QED) is 0.775. The van der Waals surface area contributed by atoms with Gasteiger partial charge < -0.3 is 15.5 Å². The van der Waals surface area contributed by atoms with Crippen molar-refractivity contribution in [3.63, 3.8) is 0 Å². The Hall–Kier alpha value is -1.39. The summed E-state index contributed by atoms with van der Waals surface area (Å²) in [4.78, 5) is 11.0. The molecule has 0 radical (unpaired) electrons. The van der Waals surface area contributed by atoms with E-state index in [4.69, 9.17) is 5.11 Å². The van der Waals surface area contributed by atoms with Gasteiger partial charge in [0.15, 0.2) is 0 Å². The molecular formula is C16H25NO3. The van der Waals surface area contributed by atoms with E-state index in [-0.39, 0.29) is 12.0 Å². The molecule has 2 unspecified atom stereocenters. The first kappa shape index (κ1) is 16.7. The Morgan fingerprint density at radius 2 is 1.85 bits per heavy atom. The maximum absolute atomic E-state index is 11.0. The van der Waals surface area contributed by atoms with Crippen LogP contribution in [0.15, 0.2) is 18.2 Å². The molecule has 0 saturated heterocycles. The first-order valence-corrected chi connectivity index (χ1v) is 6.85. The van der Waals surface area contributed by atoms with Gasteiger partial charge in [0.25, 0.3) is 0 Å². The summed E-state index contributed by atoms with van der Waals surface area (Å²) >= 11 is 0. The number of hydrogen-bond donors (Lipinski definition) is 3. The number of aliphatic hydroxyl groups excluding tert-OH is 1. The Kier molecular flexibility index (Phi) is 5.31. The first-order chi connectivity index (χ1) is 9.10. The Balaban J connectivity index is 2.99. The van der Waals surface area contributed by atoms with Crippen LogP contribution >= 0.6 is 0 Å². The average Bonchev–Trinajstić information content (AvgIpc) is 2.28. The van der Waals surface area contributed by atoms with E-state index < -0.39 is 18.1 Å². The van der Waals surface area contributed by atoms with Crippen LogP contribution in [-0.2, 0) is 4.79 Å². The van der Waals surface area contributed by atoms with Crippen molar-refractivity contribution in [3.8, 4) is 0 Å². The van der Waals surface area contributed by atoms with Crippen molar-refractivity contribution in [2.24, 2.45) is 0 Å². The molecule has 3 N–H and O–H groups in total. The van der Waals surface area contributed by atoms with Crippen LogP contribution in [0.2, 0.25) is 0 Å². The van der Waals surface area contributed by atoms with E-state index in [1.54, 1.807) is 0 Å². The van der Waals surface area contributed by atoms with Gasteiger partial charge in [0.05, 0.1) is 12.5 Å². The van der Waals surface area contributed by atoms with E-state index in [0.717, 1.165) is 16.7 Å². The third-order valence-corrected chi connectivity index (χ3v) is 3.27. The lowest BCUT2D eigenvalue weighted by molar-refractivity contribution is -0.138. The highest BCUT2D eigenvalue weighted by Gasteiger charge is 2.27. The van der Waals surface area contributed by atoms with Gasteiger partial charge >= 0.3 is 5.97 Å². The molecule has 1 aromatic carbocycles. The molecule has 20 heavy (non-hydrogen) atoms. The van der Waals surface area contributed by atoms with Gasteiger partial charge in [0.1, 0.15) is 0 Å². The number of benzene rings is 1. The number of aliphatic hydroxyl groups is 1. The molecule has 0 fully saturated rings. The van der Waals surface area contributed by atoms with Gasteiger partial charge in [-0.2, -0.15) is 0 Å². The van der Waals surface area contributed by atoms with Gasteiger partial charge in [-0.1, -0.05) is 18.2 Å². The highest BCUT2D eigenvalue weighted by molar-refractivity contribution is 5.67. The molecule has 112 valence electrons. The second-order valence-corrected chi connectivity index (χ2v) is 6.39. The molecule has 2 atom stereocenters. The predicted molar refractivity (Wildman–Crippen MR) is 79.8 cm³/mol. The molecule has 0 saturated carbocycles. The second kappa shape index (κ2) is 6.37. The molecule has 1 rings (SSSR count). The van der Waals surface area contributed by atoms with Gasteiger partial charge in [-0.15, -0.1) is 0 Å². The van der Waals surface area contributed by atoms with E-state index in [1.807, 2.05) is 52.8 Å². The fourth-order valence-electron chi connectivity index (χ4n) is 2.17. The van der Waals surface area contributed by atoms with Crippen molar-refractivity contribution in [1.29, 1.82) is 0 Å². The van der Waals surface area contributed by atoms with E-state index in [0.29, 0.717) is 0 Å². The van der Waals surface area contributed by atoms with Crippen LogP contribution in [0.4, 0.5) is 0 Å². The summed E-state index contributed by atoms with van der Waals surface area (Å²) in [6.07, 6.45) is -0.963. The maximum atomic E-state index is 11.0. The smallest absolute Gasteiger partial charge is 0.305 e. The number of carboxylic acids is 1. The number of carboxylic acid groups (broad SMARTS) is 1. The molecular weight excluding hydrogens is 254 g/mol. The summed E-state index contributed by atoms with van der Waals surface area (Å²) in [7, 11) is 0. The number of aryl methyl sites for hydroxylation is 2. The largest absolute Gasteiger partial charge is 0.481 e. The minimum absolute atomic E-state index is 0.120. The zero-order valence-electron chi connectivity index (χ0n) is 12.9. The van der Waals surface area contributed by atoms with Crippen LogP contribution in [0.1, 0.15) is 50.0 Å². The minimum Gasteiger partial charge on any atom is -0.481 e. The van der Waals surface area contributed by atoms with Gasteiger partial charge in [0, 0.05) is 11.6 Å². The van der Waals surface area contributed by atoms with E-state index in [1.165, 1.54) is 0 Å². The summed E-state index contributed by atoms with van der Waals surface area (Å²) in [5, 5.41) is 22.7. The summed E-state index contributed by atoms with van der Waals surface area (Å²) in [6.45, 7) is 9.85. The van der Waals surface area contributed by atoms with E-state index in [2.05, 4.69) is 5.32 Å². The molecule has 0 bridgehead atoms. The second-order valence-electron chi connectivity index (χ2n) is 6.39. The van der Waals surface area contributed by atoms with Gasteiger partial charge in [0.2, 0.25) is 0 Å². The van der Waals surface area contributed by atoms with Crippen molar-refractivity contribution >= 4 is 5.97 Å². The van der Waals surface area contributed by atoms with Gasteiger partial charge in [-0.25, -0.2) is 0 Å². The lowest BCUT2D eigenvalue weighted by atomic mass is 9.94.